The van der Waals surface area contributed by atoms with Crippen molar-refractivity contribution in [3.8, 4) is 0 Å². The van der Waals surface area contributed by atoms with Gasteiger partial charge in [0.25, 0.3) is 0 Å². The Hall–Kier alpha value is -0.0800. The molecule has 4 aliphatic carbocycles. The lowest BCUT2D eigenvalue weighted by atomic mass is 9.52. The Kier molecular flexibility index (Phi) is 3.35. The monoisotopic (exact) mass is 262 g/mol. The highest BCUT2D eigenvalue weighted by Crippen LogP contribution is 2.56. The van der Waals surface area contributed by atoms with Crippen LogP contribution in [0.3, 0.4) is 0 Å². The highest BCUT2D eigenvalue weighted by Gasteiger charge is 2.48. The standard InChI is InChI=1S/C17H30N2/c1-12-2-4-19(5-3-18-12)11-17-15-7-13-6-14(9-15)10-16(17)8-13/h12-18H,2-11H2,1H3. The van der Waals surface area contributed by atoms with E-state index < -0.39 is 0 Å². The molecule has 1 atom stereocenters. The molecule has 1 unspecified atom stereocenters. The number of rotatable bonds is 2. The predicted octanol–water partition coefficient (Wildman–Crippen LogP) is 2.74. The Bertz CT molecular complexity index is 299. The number of nitrogens with one attached hydrogen (secondary N) is 1. The molecule has 0 spiro atoms. The van der Waals surface area contributed by atoms with Crippen molar-refractivity contribution in [3.63, 3.8) is 0 Å². The Labute approximate surface area is 118 Å². The molecule has 0 amide bonds. The highest BCUT2D eigenvalue weighted by molar-refractivity contribution is 4.99. The third-order valence-electron chi connectivity index (χ3n) is 6.69. The maximum atomic E-state index is 3.63. The lowest BCUT2D eigenvalue weighted by molar-refractivity contribution is -0.0484. The third kappa shape index (κ3) is 2.47. The van der Waals surface area contributed by atoms with Crippen molar-refractivity contribution < 1.29 is 0 Å². The zero-order valence-electron chi connectivity index (χ0n) is 12.5. The molecule has 1 N–H and O–H groups in total. The van der Waals surface area contributed by atoms with Gasteiger partial charge in [-0.25, -0.2) is 0 Å². The van der Waals surface area contributed by atoms with Crippen molar-refractivity contribution in [1.29, 1.82) is 0 Å². The molecule has 5 aliphatic rings. The van der Waals surface area contributed by atoms with E-state index in [0.29, 0.717) is 0 Å². The molecule has 1 heterocycles. The van der Waals surface area contributed by atoms with Crippen LogP contribution in [0.4, 0.5) is 0 Å². The summed E-state index contributed by atoms with van der Waals surface area (Å²) in [5.74, 6) is 5.52. The van der Waals surface area contributed by atoms with Gasteiger partial charge >= 0.3 is 0 Å². The van der Waals surface area contributed by atoms with Crippen LogP contribution in [0.25, 0.3) is 0 Å². The molecule has 0 radical (unpaired) electrons. The molecule has 0 aromatic rings. The molecule has 5 fully saturated rings. The summed E-state index contributed by atoms with van der Waals surface area (Å²) in [6, 6.07) is 0.725. The highest BCUT2D eigenvalue weighted by atomic mass is 15.2. The molecular formula is C17H30N2. The van der Waals surface area contributed by atoms with E-state index in [1.807, 2.05) is 0 Å². The summed E-state index contributed by atoms with van der Waals surface area (Å²) in [6.07, 6.45) is 9.26. The summed E-state index contributed by atoms with van der Waals surface area (Å²) in [5.41, 5.74) is 0. The average molecular weight is 262 g/mol. The van der Waals surface area contributed by atoms with Crippen LogP contribution >= 0.6 is 0 Å². The summed E-state index contributed by atoms with van der Waals surface area (Å²) in [4.78, 5) is 2.78. The minimum Gasteiger partial charge on any atom is -0.313 e. The fraction of sp³-hybridized carbons (Fsp3) is 1.00. The van der Waals surface area contributed by atoms with Gasteiger partial charge in [-0.05, 0) is 81.6 Å². The second-order valence-corrected chi connectivity index (χ2v) is 8.04. The van der Waals surface area contributed by atoms with Gasteiger partial charge in [0.1, 0.15) is 0 Å². The summed E-state index contributed by atoms with van der Waals surface area (Å²) in [6.45, 7) is 7.58. The van der Waals surface area contributed by atoms with Gasteiger partial charge in [-0.15, -0.1) is 0 Å². The van der Waals surface area contributed by atoms with E-state index in [4.69, 9.17) is 0 Å². The second-order valence-electron chi connectivity index (χ2n) is 8.04. The SMILES string of the molecule is CC1CCN(CC2C3CC4CC(C3)CC2C4)CCN1. The van der Waals surface area contributed by atoms with Gasteiger partial charge in [0.15, 0.2) is 0 Å². The molecule has 5 rings (SSSR count). The first-order chi connectivity index (χ1) is 9.28. The normalized spacial score (nSPS) is 50.4. The van der Waals surface area contributed by atoms with Gasteiger partial charge in [0, 0.05) is 25.7 Å². The van der Waals surface area contributed by atoms with E-state index in [1.165, 1.54) is 32.6 Å². The van der Waals surface area contributed by atoms with E-state index in [2.05, 4.69) is 17.1 Å². The van der Waals surface area contributed by atoms with Crippen LogP contribution < -0.4 is 5.32 Å². The first-order valence-electron chi connectivity index (χ1n) is 8.73. The second kappa shape index (κ2) is 5.04. The fourth-order valence-corrected chi connectivity index (χ4v) is 5.88. The first kappa shape index (κ1) is 12.6. The lowest BCUT2D eigenvalue weighted by Crippen LogP contribution is -2.49. The molecule has 4 bridgehead atoms. The number of hydrogen-bond acceptors (Lipinski definition) is 2. The minimum atomic E-state index is 0.725. The number of hydrogen-bond donors (Lipinski definition) is 1. The number of nitrogens with zero attached hydrogens (tertiary/aromatic N) is 1. The van der Waals surface area contributed by atoms with E-state index in [-0.39, 0.29) is 0 Å². The van der Waals surface area contributed by atoms with Crippen LogP contribution in [0.5, 0.6) is 0 Å². The van der Waals surface area contributed by atoms with Gasteiger partial charge < -0.3 is 10.2 Å². The summed E-state index contributed by atoms with van der Waals surface area (Å²) >= 11 is 0. The van der Waals surface area contributed by atoms with E-state index in [1.54, 1.807) is 32.1 Å². The smallest absolute Gasteiger partial charge is 0.0107 e. The van der Waals surface area contributed by atoms with E-state index in [9.17, 15) is 0 Å². The fourth-order valence-electron chi connectivity index (χ4n) is 5.88. The van der Waals surface area contributed by atoms with Crippen molar-refractivity contribution in [3.05, 3.63) is 0 Å². The van der Waals surface area contributed by atoms with Crippen molar-refractivity contribution in [2.75, 3.05) is 26.2 Å². The summed E-state index contributed by atoms with van der Waals surface area (Å²) < 4.78 is 0. The van der Waals surface area contributed by atoms with Crippen molar-refractivity contribution in [1.82, 2.24) is 10.2 Å². The van der Waals surface area contributed by atoms with Gasteiger partial charge in [0.2, 0.25) is 0 Å². The largest absolute Gasteiger partial charge is 0.313 e. The van der Waals surface area contributed by atoms with Crippen LogP contribution in [0, 0.1) is 29.6 Å². The predicted molar refractivity (Wildman–Crippen MR) is 79.1 cm³/mol. The molecule has 2 heteroatoms. The minimum absolute atomic E-state index is 0.725. The van der Waals surface area contributed by atoms with Crippen LogP contribution in [0.2, 0.25) is 0 Å². The molecule has 108 valence electrons. The Morgan fingerprint density at radius 3 is 2.32 bits per heavy atom. The molecule has 1 saturated heterocycles. The van der Waals surface area contributed by atoms with Crippen molar-refractivity contribution in [2.24, 2.45) is 29.6 Å². The zero-order valence-corrected chi connectivity index (χ0v) is 12.5. The van der Waals surface area contributed by atoms with Gasteiger partial charge in [-0.2, -0.15) is 0 Å². The quantitative estimate of drug-likeness (QED) is 0.823. The van der Waals surface area contributed by atoms with Crippen LogP contribution in [0.15, 0.2) is 0 Å². The van der Waals surface area contributed by atoms with Gasteiger partial charge in [-0.3, -0.25) is 0 Å². The zero-order chi connectivity index (χ0) is 12.8. The topological polar surface area (TPSA) is 15.3 Å². The summed E-state index contributed by atoms with van der Waals surface area (Å²) in [7, 11) is 0. The van der Waals surface area contributed by atoms with Crippen LogP contribution in [0.1, 0.15) is 45.4 Å². The third-order valence-corrected chi connectivity index (χ3v) is 6.69. The van der Waals surface area contributed by atoms with Gasteiger partial charge in [0.05, 0.1) is 0 Å². The Morgan fingerprint density at radius 2 is 1.63 bits per heavy atom. The molecule has 0 aromatic heterocycles. The molecule has 4 saturated carbocycles. The van der Waals surface area contributed by atoms with Crippen molar-refractivity contribution >= 4 is 0 Å². The molecule has 0 aromatic carbocycles. The Balaban J connectivity index is 1.40. The van der Waals surface area contributed by atoms with Crippen LogP contribution in [-0.2, 0) is 0 Å². The molecule has 2 nitrogen and oxygen atoms in total. The molecular weight excluding hydrogens is 232 g/mol. The van der Waals surface area contributed by atoms with Crippen molar-refractivity contribution in [2.45, 2.75) is 51.5 Å². The average Bonchev–Trinajstić information content (AvgIpc) is 2.58. The van der Waals surface area contributed by atoms with E-state index in [0.717, 1.165) is 35.6 Å². The maximum absolute atomic E-state index is 3.63. The Morgan fingerprint density at radius 1 is 0.947 bits per heavy atom. The maximum Gasteiger partial charge on any atom is 0.0107 e. The molecule has 19 heavy (non-hydrogen) atoms. The van der Waals surface area contributed by atoms with Crippen LogP contribution in [-0.4, -0.2) is 37.1 Å². The lowest BCUT2D eigenvalue weighted by Gasteiger charge is -2.55. The first-order valence-corrected chi connectivity index (χ1v) is 8.73. The summed E-state index contributed by atoms with van der Waals surface area (Å²) in [5, 5.41) is 3.63. The molecule has 1 aliphatic heterocycles. The van der Waals surface area contributed by atoms with E-state index >= 15 is 0 Å². The van der Waals surface area contributed by atoms with Gasteiger partial charge in [-0.1, -0.05) is 0 Å².